The molecule has 1 N–H and O–H groups in total. The van der Waals surface area contributed by atoms with Crippen molar-refractivity contribution in [3.63, 3.8) is 0 Å². The average Bonchev–Trinajstić information content (AvgIpc) is 3.27. The molecule has 0 spiro atoms. The number of imidazole rings is 2. The molecule has 0 amide bonds. The third-order valence-corrected chi connectivity index (χ3v) is 3.90. The van der Waals surface area contributed by atoms with Gasteiger partial charge in [-0.3, -0.25) is 4.98 Å². The van der Waals surface area contributed by atoms with Gasteiger partial charge in [0.25, 0.3) is 0 Å². The number of aromatic amines is 1. The number of pyridine rings is 1. The van der Waals surface area contributed by atoms with E-state index in [9.17, 15) is 0 Å². The fourth-order valence-corrected chi connectivity index (χ4v) is 2.73. The van der Waals surface area contributed by atoms with Gasteiger partial charge in [-0.25, -0.2) is 4.98 Å². The summed E-state index contributed by atoms with van der Waals surface area (Å²) in [4.78, 5) is 11.6. The van der Waals surface area contributed by atoms with Gasteiger partial charge in [0.05, 0.1) is 36.6 Å². The molecule has 0 radical (unpaired) electrons. The van der Waals surface area contributed by atoms with Crippen molar-refractivity contribution in [1.82, 2.24) is 19.5 Å². The first-order chi connectivity index (χ1) is 11.8. The first-order valence-corrected chi connectivity index (χ1v) is 7.77. The quantitative estimate of drug-likeness (QED) is 0.465. The van der Waals surface area contributed by atoms with Crippen molar-refractivity contribution in [2.24, 2.45) is 7.05 Å². The maximum Gasteiger partial charge on any atom is 0.243 e. The SMILES string of the molecule is C[n+]1[c-]n(-c2cccc(Cc3ccnc(-c4cnc[nH]4)c3)c2)cc1. The Kier molecular flexibility index (Phi) is 3.67. The monoisotopic (exact) mass is 315 g/mol. The van der Waals surface area contributed by atoms with Crippen LogP contribution in [0.15, 0.2) is 67.5 Å². The van der Waals surface area contributed by atoms with Crippen LogP contribution in [0.5, 0.6) is 0 Å². The van der Waals surface area contributed by atoms with Gasteiger partial charge in [-0.1, -0.05) is 24.3 Å². The summed E-state index contributed by atoms with van der Waals surface area (Å²) in [6.07, 6.45) is 13.4. The van der Waals surface area contributed by atoms with Gasteiger partial charge in [0.1, 0.15) is 0 Å². The van der Waals surface area contributed by atoms with E-state index in [-0.39, 0.29) is 0 Å². The van der Waals surface area contributed by atoms with E-state index in [1.807, 2.05) is 40.8 Å². The second kappa shape index (κ2) is 6.12. The molecule has 4 aromatic rings. The molecule has 0 aliphatic heterocycles. The molecule has 3 heterocycles. The number of nitrogens with one attached hydrogen (secondary N) is 1. The van der Waals surface area contributed by atoms with Crippen molar-refractivity contribution in [3.05, 3.63) is 85.0 Å². The molecule has 5 heteroatoms. The Balaban J connectivity index is 1.61. The van der Waals surface area contributed by atoms with E-state index >= 15 is 0 Å². The number of H-pyrrole nitrogens is 1. The largest absolute Gasteiger partial charge is 0.343 e. The van der Waals surface area contributed by atoms with Gasteiger partial charge in [-0.15, -0.1) is 0 Å². The molecule has 0 atom stereocenters. The number of rotatable bonds is 4. The average molecular weight is 315 g/mol. The number of hydrogen-bond acceptors (Lipinski definition) is 2. The van der Waals surface area contributed by atoms with Crippen LogP contribution < -0.4 is 4.57 Å². The van der Waals surface area contributed by atoms with Crippen LogP contribution >= 0.6 is 0 Å². The Morgan fingerprint density at radius 2 is 2.12 bits per heavy atom. The summed E-state index contributed by atoms with van der Waals surface area (Å²) in [6, 6.07) is 12.6. The Bertz CT molecular complexity index is 953. The summed E-state index contributed by atoms with van der Waals surface area (Å²) in [6.45, 7) is 0. The number of benzene rings is 1. The fourth-order valence-electron chi connectivity index (χ4n) is 2.73. The van der Waals surface area contributed by atoms with E-state index in [1.165, 1.54) is 11.1 Å². The molecule has 1 aromatic carbocycles. The second-order valence-corrected chi connectivity index (χ2v) is 5.74. The van der Waals surface area contributed by atoms with Crippen molar-refractivity contribution >= 4 is 0 Å². The molecule has 0 fully saturated rings. The van der Waals surface area contributed by atoms with Crippen LogP contribution in [0.25, 0.3) is 17.1 Å². The molecule has 4 rings (SSSR count). The molecular formula is C19H17N5. The first-order valence-electron chi connectivity index (χ1n) is 7.77. The summed E-state index contributed by atoms with van der Waals surface area (Å²) in [5, 5.41) is 0. The molecule has 5 nitrogen and oxygen atoms in total. The summed E-state index contributed by atoms with van der Waals surface area (Å²) in [7, 11) is 1.97. The van der Waals surface area contributed by atoms with Crippen molar-refractivity contribution in [3.8, 4) is 17.1 Å². The van der Waals surface area contributed by atoms with Crippen molar-refractivity contribution < 1.29 is 4.57 Å². The zero-order chi connectivity index (χ0) is 16.4. The van der Waals surface area contributed by atoms with E-state index in [0.717, 1.165) is 23.5 Å². The lowest BCUT2D eigenvalue weighted by Gasteiger charge is -2.07. The lowest BCUT2D eigenvalue weighted by molar-refractivity contribution is -0.674. The Hall–Kier alpha value is -3.21. The van der Waals surface area contributed by atoms with Gasteiger partial charge >= 0.3 is 0 Å². The zero-order valence-corrected chi connectivity index (χ0v) is 13.3. The molecule has 0 aliphatic rings. The molecular weight excluding hydrogens is 298 g/mol. The summed E-state index contributed by atoms with van der Waals surface area (Å²) in [5.41, 5.74) is 5.41. The maximum atomic E-state index is 4.41. The van der Waals surface area contributed by atoms with Gasteiger partial charge in [0.2, 0.25) is 6.33 Å². The normalized spacial score (nSPS) is 10.9. The van der Waals surface area contributed by atoms with Crippen LogP contribution in [-0.4, -0.2) is 19.5 Å². The van der Waals surface area contributed by atoms with E-state index in [4.69, 9.17) is 0 Å². The first kappa shape index (κ1) is 14.4. The zero-order valence-electron chi connectivity index (χ0n) is 13.3. The number of hydrogen-bond donors (Lipinski definition) is 1. The Morgan fingerprint density at radius 3 is 2.92 bits per heavy atom. The molecule has 0 saturated carbocycles. The van der Waals surface area contributed by atoms with Crippen LogP contribution in [0, 0.1) is 6.33 Å². The highest BCUT2D eigenvalue weighted by atomic mass is 15.1. The smallest absolute Gasteiger partial charge is 0.243 e. The van der Waals surface area contributed by atoms with Gasteiger partial charge in [0, 0.05) is 18.6 Å². The van der Waals surface area contributed by atoms with Crippen LogP contribution in [0.1, 0.15) is 11.1 Å². The number of aryl methyl sites for hydroxylation is 1. The minimum atomic E-state index is 0.852. The molecule has 3 aromatic heterocycles. The third kappa shape index (κ3) is 2.96. The third-order valence-electron chi connectivity index (χ3n) is 3.90. The van der Waals surface area contributed by atoms with Crippen LogP contribution in [0.3, 0.4) is 0 Å². The molecule has 118 valence electrons. The minimum absolute atomic E-state index is 0.852. The van der Waals surface area contributed by atoms with Gasteiger partial charge < -0.3 is 14.1 Å². The van der Waals surface area contributed by atoms with Gasteiger partial charge in [-0.2, -0.15) is 0 Å². The summed E-state index contributed by atoms with van der Waals surface area (Å²) in [5.74, 6) is 0. The Morgan fingerprint density at radius 1 is 1.21 bits per heavy atom. The highest BCUT2D eigenvalue weighted by Gasteiger charge is 2.04. The maximum absolute atomic E-state index is 4.41. The molecule has 24 heavy (non-hydrogen) atoms. The van der Waals surface area contributed by atoms with E-state index in [2.05, 4.69) is 51.6 Å². The van der Waals surface area contributed by atoms with Crippen LogP contribution in [-0.2, 0) is 13.5 Å². The van der Waals surface area contributed by atoms with Crippen molar-refractivity contribution in [1.29, 1.82) is 0 Å². The fraction of sp³-hybridized carbons (Fsp3) is 0.105. The highest BCUT2D eigenvalue weighted by Crippen LogP contribution is 2.18. The standard InChI is InChI=1S/C19H17N5/c1-23-7-8-24(14-23)17-4-2-3-15(10-17)9-16-5-6-21-18(11-16)19-12-20-13-22-19/h2-8,10-13H,9H2,1H3,(H,20,22). The molecule has 0 aliphatic carbocycles. The number of aromatic nitrogens is 5. The second-order valence-electron chi connectivity index (χ2n) is 5.74. The van der Waals surface area contributed by atoms with Crippen LogP contribution in [0.4, 0.5) is 0 Å². The predicted molar refractivity (Wildman–Crippen MR) is 90.4 cm³/mol. The van der Waals surface area contributed by atoms with Gasteiger partial charge in [-0.05, 0) is 29.7 Å². The highest BCUT2D eigenvalue weighted by molar-refractivity contribution is 5.54. The van der Waals surface area contributed by atoms with E-state index < -0.39 is 0 Å². The molecule has 0 unspecified atom stereocenters. The van der Waals surface area contributed by atoms with Crippen molar-refractivity contribution in [2.45, 2.75) is 6.42 Å². The lowest BCUT2D eigenvalue weighted by Crippen LogP contribution is -2.24. The summed E-state index contributed by atoms with van der Waals surface area (Å²) < 4.78 is 3.90. The van der Waals surface area contributed by atoms with Crippen molar-refractivity contribution in [2.75, 3.05) is 0 Å². The molecule has 0 bridgehead atoms. The van der Waals surface area contributed by atoms with E-state index in [0.29, 0.717) is 0 Å². The number of nitrogens with zero attached hydrogens (tertiary/aromatic N) is 4. The van der Waals surface area contributed by atoms with Crippen LogP contribution in [0.2, 0.25) is 0 Å². The summed E-state index contributed by atoms with van der Waals surface area (Å²) >= 11 is 0. The Labute approximate surface area is 140 Å². The van der Waals surface area contributed by atoms with Gasteiger partial charge in [0.15, 0.2) is 0 Å². The minimum Gasteiger partial charge on any atom is -0.343 e. The topological polar surface area (TPSA) is 50.4 Å². The predicted octanol–water partition coefficient (Wildman–Crippen LogP) is 2.48. The lowest BCUT2D eigenvalue weighted by atomic mass is 10.0. The molecule has 0 saturated heterocycles. The van der Waals surface area contributed by atoms with E-state index in [1.54, 1.807) is 12.5 Å².